The summed E-state index contributed by atoms with van der Waals surface area (Å²) in [6.45, 7) is 12.9. The second kappa shape index (κ2) is 12.9. The molecule has 202 valence electrons. The van der Waals surface area contributed by atoms with Crippen LogP contribution in [-0.4, -0.2) is 72.8 Å². The summed E-state index contributed by atoms with van der Waals surface area (Å²) in [6, 6.07) is 8.47. The van der Waals surface area contributed by atoms with Crippen LogP contribution in [0.4, 0.5) is 5.69 Å². The molecule has 0 aliphatic carbocycles. The van der Waals surface area contributed by atoms with E-state index in [1.54, 1.807) is 6.92 Å². The Balaban J connectivity index is 1.51. The number of amides is 1. The molecule has 4 atom stereocenters. The van der Waals surface area contributed by atoms with Crippen LogP contribution in [0.1, 0.15) is 46.6 Å². The Labute approximate surface area is 221 Å². The minimum atomic E-state index is -0.641. The summed E-state index contributed by atoms with van der Waals surface area (Å²) < 4.78 is 5.85. The van der Waals surface area contributed by atoms with Gasteiger partial charge in [0.2, 0.25) is 5.91 Å². The number of aliphatic hydroxyl groups excluding tert-OH is 1. The predicted octanol–water partition coefficient (Wildman–Crippen LogP) is 3.30. The number of carbonyl (C=O) groups is 1. The van der Waals surface area contributed by atoms with Gasteiger partial charge < -0.3 is 30.7 Å². The first-order chi connectivity index (χ1) is 17.6. The van der Waals surface area contributed by atoms with Crippen LogP contribution in [0.2, 0.25) is 0 Å². The van der Waals surface area contributed by atoms with Crippen LogP contribution in [0.15, 0.2) is 59.4 Å². The monoisotopic (exact) mass is 509 g/mol. The van der Waals surface area contributed by atoms with Crippen LogP contribution >= 0.6 is 0 Å². The van der Waals surface area contributed by atoms with Crippen molar-refractivity contribution in [2.75, 3.05) is 37.6 Å². The molecule has 8 heteroatoms. The third kappa shape index (κ3) is 8.47. The van der Waals surface area contributed by atoms with E-state index in [1.807, 2.05) is 43.2 Å². The number of ether oxygens (including phenoxy) is 1. The van der Waals surface area contributed by atoms with Gasteiger partial charge in [0.1, 0.15) is 5.84 Å². The smallest absolute Gasteiger partial charge is 0.231 e. The lowest BCUT2D eigenvalue weighted by Crippen LogP contribution is -2.45. The van der Waals surface area contributed by atoms with E-state index in [-0.39, 0.29) is 18.1 Å². The molecule has 3 rings (SSSR count). The summed E-state index contributed by atoms with van der Waals surface area (Å²) >= 11 is 0. The first kappa shape index (κ1) is 28.5. The molecule has 2 heterocycles. The highest BCUT2D eigenvalue weighted by Crippen LogP contribution is 2.27. The normalized spacial score (nSPS) is 25.7. The fraction of sp³-hybridized carbons (Fsp3) is 0.517. The number of rotatable bonds is 10. The molecule has 8 nitrogen and oxygen atoms in total. The largest absolute Gasteiger partial charge is 0.392 e. The molecule has 0 radical (unpaired) electrons. The summed E-state index contributed by atoms with van der Waals surface area (Å²) in [5.74, 6) is 0.412. The summed E-state index contributed by atoms with van der Waals surface area (Å²) in [6.07, 6.45) is 10.2. The topological polar surface area (TPSA) is 103 Å². The van der Waals surface area contributed by atoms with Gasteiger partial charge in [-0.3, -0.25) is 4.79 Å². The van der Waals surface area contributed by atoms with E-state index in [2.05, 4.69) is 59.4 Å². The molecule has 37 heavy (non-hydrogen) atoms. The number of nitrogens with two attached hydrogens (primary N) is 1. The zero-order valence-electron chi connectivity index (χ0n) is 22.9. The number of aliphatic hydroxyl groups is 1. The van der Waals surface area contributed by atoms with Gasteiger partial charge in [-0.05, 0) is 58.5 Å². The number of allylic oxidation sites excluding steroid dienone is 1. The Hall–Kier alpha value is -3.10. The van der Waals surface area contributed by atoms with E-state index in [4.69, 9.17) is 10.5 Å². The minimum absolute atomic E-state index is 0.0752. The second-order valence-corrected chi connectivity index (χ2v) is 10.4. The van der Waals surface area contributed by atoms with Crippen molar-refractivity contribution in [3.8, 4) is 0 Å². The van der Waals surface area contributed by atoms with E-state index in [1.165, 1.54) is 5.69 Å². The highest BCUT2D eigenvalue weighted by Gasteiger charge is 2.36. The average Bonchev–Trinajstić information content (AvgIpc) is 3.22. The molecule has 0 saturated carbocycles. The number of β-amino-alcohol motifs (C(OH)–C–C–N with tert-alkyl or cyclic N) is 1. The maximum absolute atomic E-state index is 12.8. The zero-order valence-corrected chi connectivity index (χ0v) is 22.9. The number of carbonyl (C=O) groups excluding carboxylic acids is 1. The SMILES string of the molecule is C/C=C(/CNC(=O)C1(C)C=CN(CC(C)O)C1)N=C(N)C/C=C/c1cccc(N2C[C@@H](C)O[C@@H](C)C2)c1. The van der Waals surface area contributed by atoms with E-state index < -0.39 is 11.5 Å². The number of hydrogen-bond donors (Lipinski definition) is 3. The molecule has 1 aromatic carbocycles. The Morgan fingerprint density at radius 1 is 1.35 bits per heavy atom. The molecule has 1 fully saturated rings. The second-order valence-electron chi connectivity index (χ2n) is 10.4. The summed E-state index contributed by atoms with van der Waals surface area (Å²) in [5.41, 5.74) is 8.56. The third-order valence-electron chi connectivity index (χ3n) is 6.54. The number of nitrogens with zero attached hydrogens (tertiary/aromatic N) is 3. The predicted molar refractivity (Wildman–Crippen MR) is 151 cm³/mol. The first-order valence-corrected chi connectivity index (χ1v) is 13.1. The Morgan fingerprint density at radius 2 is 2.08 bits per heavy atom. The Bertz CT molecular complexity index is 1040. The van der Waals surface area contributed by atoms with Crippen molar-refractivity contribution >= 4 is 23.5 Å². The van der Waals surface area contributed by atoms with Crippen LogP contribution in [0.3, 0.4) is 0 Å². The molecule has 0 spiro atoms. The number of hydrogen-bond acceptors (Lipinski definition) is 6. The summed E-state index contributed by atoms with van der Waals surface area (Å²) in [5, 5.41) is 12.6. The van der Waals surface area contributed by atoms with Crippen LogP contribution < -0.4 is 16.0 Å². The minimum Gasteiger partial charge on any atom is -0.392 e. The van der Waals surface area contributed by atoms with Gasteiger partial charge in [-0.15, -0.1) is 0 Å². The lowest BCUT2D eigenvalue weighted by atomic mass is 9.91. The number of aliphatic imine (C=N–C) groups is 1. The van der Waals surface area contributed by atoms with Crippen molar-refractivity contribution in [3.05, 3.63) is 60.0 Å². The lowest BCUT2D eigenvalue weighted by Gasteiger charge is -2.37. The number of morpholine rings is 1. The molecule has 2 aliphatic heterocycles. The number of benzene rings is 1. The van der Waals surface area contributed by atoms with Crippen molar-refractivity contribution in [3.63, 3.8) is 0 Å². The number of nitrogens with one attached hydrogen (secondary N) is 1. The number of anilines is 1. The van der Waals surface area contributed by atoms with E-state index >= 15 is 0 Å². The molecule has 1 amide bonds. The van der Waals surface area contributed by atoms with Gasteiger partial charge in [0, 0.05) is 38.3 Å². The molecule has 0 aromatic heterocycles. The average molecular weight is 510 g/mol. The van der Waals surface area contributed by atoms with Gasteiger partial charge in [-0.25, -0.2) is 4.99 Å². The zero-order chi connectivity index (χ0) is 27.0. The summed E-state index contributed by atoms with van der Waals surface area (Å²) in [7, 11) is 0. The molecule has 0 bridgehead atoms. The molecular weight excluding hydrogens is 466 g/mol. The quantitative estimate of drug-likeness (QED) is 0.330. The van der Waals surface area contributed by atoms with Crippen LogP contribution in [0.25, 0.3) is 6.08 Å². The molecule has 1 aromatic rings. The van der Waals surface area contributed by atoms with Crippen molar-refractivity contribution < 1.29 is 14.6 Å². The van der Waals surface area contributed by atoms with Gasteiger partial charge in [0.15, 0.2) is 0 Å². The molecule has 1 saturated heterocycles. The molecule has 2 unspecified atom stereocenters. The van der Waals surface area contributed by atoms with E-state index in [0.29, 0.717) is 37.6 Å². The molecule has 2 aliphatic rings. The third-order valence-corrected chi connectivity index (χ3v) is 6.54. The van der Waals surface area contributed by atoms with Crippen LogP contribution in [0, 0.1) is 5.41 Å². The standard InChI is InChI=1S/C29H43N5O3/c1-6-25(16-31-28(36)29(5)13-14-33(20-29)17-21(2)35)32-27(30)12-8-10-24-9-7-11-26(15-24)34-18-22(3)37-23(4)19-34/h6-11,13-15,21-23,35H,12,16-20H2,1-5H3,(H2,30,32)(H,31,36)/b10-8+,25-6-/t21?,22-,23+,29?. The van der Waals surface area contributed by atoms with Gasteiger partial charge >= 0.3 is 0 Å². The number of amidine groups is 1. The van der Waals surface area contributed by atoms with Gasteiger partial charge in [-0.2, -0.15) is 0 Å². The van der Waals surface area contributed by atoms with Crippen molar-refractivity contribution in [2.24, 2.45) is 16.1 Å². The fourth-order valence-corrected chi connectivity index (χ4v) is 4.75. The Kier molecular flexibility index (Phi) is 9.94. The fourth-order valence-electron chi connectivity index (χ4n) is 4.75. The first-order valence-electron chi connectivity index (χ1n) is 13.1. The molecular formula is C29H43N5O3. The van der Waals surface area contributed by atoms with Gasteiger partial charge in [0.25, 0.3) is 0 Å². The molecule has 4 N–H and O–H groups in total. The van der Waals surface area contributed by atoms with Gasteiger partial charge in [0.05, 0.1) is 36.0 Å². The van der Waals surface area contributed by atoms with Gasteiger partial charge in [-0.1, -0.05) is 36.4 Å². The van der Waals surface area contributed by atoms with Crippen molar-refractivity contribution in [1.29, 1.82) is 0 Å². The van der Waals surface area contributed by atoms with E-state index in [0.717, 1.165) is 18.7 Å². The highest BCUT2D eigenvalue weighted by molar-refractivity contribution is 5.86. The highest BCUT2D eigenvalue weighted by atomic mass is 16.5. The maximum atomic E-state index is 12.8. The lowest BCUT2D eigenvalue weighted by molar-refractivity contribution is -0.127. The Morgan fingerprint density at radius 3 is 2.76 bits per heavy atom. The van der Waals surface area contributed by atoms with E-state index in [9.17, 15) is 9.90 Å². The van der Waals surface area contributed by atoms with Crippen LogP contribution in [-0.2, 0) is 9.53 Å². The van der Waals surface area contributed by atoms with Crippen molar-refractivity contribution in [1.82, 2.24) is 10.2 Å². The van der Waals surface area contributed by atoms with Crippen LogP contribution in [0.5, 0.6) is 0 Å². The maximum Gasteiger partial charge on any atom is 0.231 e. The van der Waals surface area contributed by atoms with Crippen molar-refractivity contribution in [2.45, 2.75) is 59.4 Å². The summed E-state index contributed by atoms with van der Waals surface area (Å²) in [4.78, 5) is 21.7.